The maximum Gasteiger partial charge on any atom is 0.225 e. The van der Waals surface area contributed by atoms with Gasteiger partial charge in [0.15, 0.2) is 0 Å². The summed E-state index contributed by atoms with van der Waals surface area (Å²) in [7, 11) is 3.69. The number of likely N-dealkylation sites (tertiary alicyclic amines) is 1. The SMILES string of the molecule is COc1ccc(CCN2CCC(CN(C)C(=O)[C@@H]3CCOC(C)(C)C3)CC2)cc1. The lowest BCUT2D eigenvalue weighted by molar-refractivity contribution is -0.144. The van der Waals surface area contributed by atoms with E-state index in [2.05, 4.69) is 30.9 Å². The molecule has 1 aromatic rings. The van der Waals surface area contributed by atoms with Crippen molar-refractivity contribution in [2.75, 3.05) is 46.9 Å². The molecular formula is C24H38N2O3. The number of piperidine rings is 1. The monoisotopic (exact) mass is 402 g/mol. The molecule has 2 heterocycles. The van der Waals surface area contributed by atoms with Crippen molar-refractivity contribution in [1.82, 2.24) is 9.80 Å². The van der Waals surface area contributed by atoms with Crippen molar-refractivity contribution in [3.63, 3.8) is 0 Å². The van der Waals surface area contributed by atoms with Crippen molar-refractivity contribution >= 4 is 5.91 Å². The fraction of sp³-hybridized carbons (Fsp3) is 0.708. The average Bonchev–Trinajstić information content (AvgIpc) is 2.72. The van der Waals surface area contributed by atoms with Gasteiger partial charge in [0.2, 0.25) is 5.91 Å². The van der Waals surface area contributed by atoms with Crippen LogP contribution in [0.4, 0.5) is 0 Å². The van der Waals surface area contributed by atoms with E-state index in [0.29, 0.717) is 18.4 Å². The van der Waals surface area contributed by atoms with E-state index in [1.807, 2.05) is 24.1 Å². The first-order valence-corrected chi connectivity index (χ1v) is 11.1. The van der Waals surface area contributed by atoms with Crippen LogP contribution < -0.4 is 4.74 Å². The van der Waals surface area contributed by atoms with Crippen molar-refractivity contribution in [2.45, 2.75) is 51.6 Å². The Morgan fingerprint density at radius 3 is 2.52 bits per heavy atom. The first kappa shape index (κ1) is 22.1. The van der Waals surface area contributed by atoms with Gasteiger partial charge in [-0.1, -0.05) is 12.1 Å². The van der Waals surface area contributed by atoms with Crippen molar-refractivity contribution < 1.29 is 14.3 Å². The lowest BCUT2D eigenvalue weighted by atomic mass is 9.87. The van der Waals surface area contributed by atoms with Crippen LogP contribution in [0, 0.1) is 11.8 Å². The van der Waals surface area contributed by atoms with Crippen LogP contribution >= 0.6 is 0 Å². The number of hydrogen-bond acceptors (Lipinski definition) is 4. The molecule has 0 bridgehead atoms. The molecule has 1 amide bonds. The molecule has 0 aromatic heterocycles. The molecule has 0 N–H and O–H groups in total. The van der Waals surface area contributed by atoms with Gasteiger partial charge >= 0.3 is 0 Å². The zero-order chi connectivity index (χ0) is 20.9. The number of carbonyl (C=O) groups is 1. The second kappa shape index (κ2) is 9.94. The van der Waals surface area contributed by atoms with E-state index in [4.69, 9.17) is 9.47 Å². The number of carbonyl (C=O) groups excluding carboxylic acids is 1. The van der Waals surface area contributed by atoms with E-state index >= 15 is 0 Å². The number of nitrogens with zero attached hydrogens (tertiary/aromatic N) is 2. The molecule has 2 aliphatic heterocycles. The topological polar surface area (TPSA) is 42.0 Å². The highest BCUT2D eigenvalue weighted by molar-refractivity contribution is 5.78. The van der Waals surface area contributed by atoms with Gasteiger partial charge < -0.3 is 19.3 Å². The summed E-state index contributed by atoms with van der Waals surface area (Å²) in [6.07, 6.45) is 5.13. The van der Waals surface area contributed by atoms with Gasteiger partial charge in [-0.05, 0) is 82.7 Å². The fourth-order valence-corrected chi connectivity index (χ4v) is 4.70. The van der Waals surface area contributed by atoms with Crippen LogP contribution in [0.3, 0.4) is 0 Å². The molecule has 1 aromatic carbocycles. The summed E-state index contributed by atoms with van der Waals surface area (Å²) >= 11 is 0. The normalized spacial score (nSPS) is 23.0. The fourth-order valence-electron chi connectivity index (χ4n) is 4.70. The van der Waals surface area contributed by atoms with Crippen LogP contribution in [0.2, 0.25) is 0 Å². The van der Waals surface area contributed by atoms with Gasteiger partial charge in [-0.25, -0.2) is 0 Å². The third-order valence-corrected chi connectivity index (χ3v) is 6.54. The largest absolute Gasteiger partial charge is 0.497 e. The summed E-state index contributed by atoms with van der Waals surface area (Å²) in [5, 5.41) is 0. The molecule has 2 fully saturated rings. The van der Waals surface area contributed by atoms with E-state index < -0.39 is 0 Å². The highest BCUT2D eigenvalue weighted by atomic mass is 16.5. The second-order valence-corrected chi connectivity index (χ2v) is 9.40. The van der Waals surface area contributed by atoms with E-state index in [0.717, 1.165) is 51.2 Å². The Bertz CT molecular complexity index is 651. The van der Waals surface area contributed by atoms with Gasteiger partial charge in [0, 0.05) is 32.7 Å². The Morgan fingerprint density at radius 2 is 1.90 bits per heavy atom. The number of hydrogen-bond donors (Lipinski definition) is 0. The van der Waals surface area contributed by atoms with E-state index in [1.54, 1.807) is 7.11 Å². The van der Waals surface area contributed by atoms with Crippen LogP contribution in [0.1, 0.15) is 45.1 Å². The minimum absolute atomic E-state index is 0.119. The quantitative estimate of drug-likeness (QED) is 0.699. The number of amides is 1. The van der Waals surface area contributed by atoms with E-state index in [9.17, 15) is 4.79 Å². The number of methoxy groups -OCH3 is 1. The smallest absolute Gasteiger partial charge is 0.225 e. The van der Waals surface area contributed by atoms with Gasteiger partial charge in [0.05, 0.1) is 12.7 Å². The van der Waals surface area contributed by atoms with E-state index in [-0.39, 0.29) is 11.5 Å². The maximum atomic E-state index is 12.9. The number of benzene rings is 1. The Labute approximate surface area is 176 Å². The number of ether oxygens (including phenoxy) is 2. The molecule has 0 spiro atoms. The molecule has 0 radical (unpaired) electrons. The van der Waals surface area contributed by atoms with Crippen LogP contribution in [0.15, 0.2) is 24.3 Å². The first-order chi connectivity index (χ1) is 13.9. The van der Waals surface area contributed by atoms with Crippen molar-refractivity contribution in [1.29, 1.82) is 0 Å². The van der Waals surface area contributed by atoms with Gasteiger partial charge in [0.25, 0.3) is 0 Å². The minimum Gasteiger partial charge on any atom is -0.497 e. The standard InChI is InChI=1S/C24H38N2O3/c1-24(2)17-21(12-16-29-24)23(27)25(3)18-20-10-14-26(15-11-20)13-9-19-5-7-22(28-4)8-6-19/h5-8,20-21H,9-18H2,1-4H3/t21-/m1/s1. The van der Waals surface area contributed by atoms with Crippen LogP contribution in [-0.4, -0.2) is 68.3 Å². The molecule has 0 aliphatic carbocycles. The van der Waals surface area contributed by atoms with Crippen molar-refractivity contribution in [2.24, 2.45) is 11.8 Å². The summed E-state index contributed by atoms with van der Waals surface area (Å²) < 4.78 is 11.0. The molecule has 1 atom stereocenters. The van der Waals surface area contributed by atoms with Crippen LogP contribution in [-0.2, 0) is 16.0 Å². The summed E-state index contributed by atoms with van der Waals surface area (Å²) in [4.78, 5) is 17.4. The molecule has 162 valence electrons. The zero-order valence-corrected chi connectivity index (χ0v) is 18.7. The molecule has 0 unspecified atom stereocenters. The molecule has 2 aliphatic rings. The van der Waals surface area contributed by atoms with Crippen LogP contribution in [0.25, 0.3) is 0 Å². The third kappa shape index (κ3) is 6.45. The first-order valence-electron chi connectivity index (χ1n) is 11.1. The summed E-state index contributed by atoms with van der Waals surface area (Å²) in [6.45, 7) is 9.14. The Balaban J connectivity index is 1.38. The third-order valence-electron chi connectivity index (χ3n) is 6.54. The Morgan fingerprint density at radius 1 is 1.21 bits per heavy atom. The molecule has 5 nitrogen and oxygen atoms in total. The zero-order valence-electron chi connectivity index (χ0n) is 18.7. The minimum atomic E-state index is -0.172. The van der Waals surface area contributed by atoms with E-state index in [1.165, 1.54) is 18.4 Å². The Kier molecular flexibility index (Phi) is 7.58. The Hall–Kier alpha value is -1.59. The lowest BCUT2D eigenvalue weighted by Crippen LogP contribution is -2.45. The van der Waals surface area contributed by atoms with Gasteiger partial charge in [-0.3, -0.25) is 4.79 Å². The molecule has 3 rings (SSSR count). The maximum absolute atomic E-state index is 12.9. The molecular weight excluding hydrogens is 364 g/mol. The molecule has 0 saturated carbocycles. The predicted molar refractivity (Wildman–Crippen MR) is 116 cm³/mol. The second-order valence-electron chi connectivity index (χ2n) is 9.40. The predicted octanol–water partition coefficient (Wildman–Crippen LogP) is 3.61. The van der Waals surface area contributed by atoms with Crippen LogP contribution in [0.5, 0.6) is 5.75 Å². The molecule has 29 heavy (non-hydrogen) atoms. The molecule has 5 heteroatoms. The molecule has 2 saturated heterocycles. The summed E-state index contributed by atoms with van der Waals surface area (Å²) in [5.41, 5.74) is 1.19. The summed E-state index contributed by atoms with van der Waals surface area (Å²) in [6, 6.07) is 8.38. The van der Waals surface area contributed by atoms with Gasteiger partial charge in [-0.15, -0.1) is 0 Å². The average molecular weight is 403 g/mol. The highest BCUT2D eigenvalue weighted by Crippen LogP contribution is 2.30. The van der Waals surface area contributed by atoms with Crippen molar-refractivity contribution in [3.8, 4) is 5.75 Å². The highest BCUT2D eigenvalue weighted by Gasteiger charge is 2.34. The van der Waals surface area contributed by atoms with Crippen molar-refractivity contribution in [3.05, 3.63) is 29.8 Å². The van der Waals surface area contributed by atoms with Gasteiger partial charge in [-0.2, -0.15) is 0 Å². The number of rotatable bonds is 7. The summed E-state index contributed by atoms with van der Waals surface area (Å²) in [5.74, 6) is 1.96. The lowest BCUT2D eigenvalue weighted by Gasteiger charge is -2.38. The van der Waals surface area contributed by atoms with Gasteiger partial charge in [0.1, 0.15) is 5.75 Å².